The minimum absolute atomic E-state index is 0.0228. The Bertz CT molecular complexity index is 824. The maximum Gasteiger partial charge on any atom is 0.680 e. The average Bonchev–Trinajstić information content (AvgIpc) is 3.13. The molecule has 0 aromatic heterocycles. The highest BCUT2D eigenvalue weighted by Gasteiger charge is 2.52. The summed E-state index contributed by atoms with van der Waals surface area (Å²) >= 11 is 0. The molecule has 4 nitrogen and oxygen atoms in total. The van der Waals surface area contributed by atoms with E-state index < -0.39 is 22.7 Å². The SMILES string of the molecule is C=CC1=CC[C@H](C(C)C)[C@@]1(C)CCC(C#C[Si](C)(C)C)(CCC=C(C)C)O[Si](OCC)(OCC)OCC. The maximum atomic E-state index is 7.04. The smallest absolute Gasteiger partial charge is 0.351 e. The summed E-state index contributed by atoms with van der Waals surface area (Å²) in [5, 5.41) is 0. The summed E-state index contributed by atoms with van der Waals surface area (Å²) in [4.78, 5) is 0. The second-order valence-corrected chi connectivity index (χ2v) is 18.9. The molecular weight excluding hydrogens is 493 g/mol. The lowest BCUT2D eigenvalue weighted by molar-refractivity contribution is -0.0781. The molecule has 0 spiro atoms. The summed E-state index contributed by atoms with van der Waals surface area (Å²) < 4.78 is 25.6. The Morgan fingerprint density at radius 1 is 1.11 bits per heavy atom. The molecule has 0 saturated carbocycles. The van der Waals surface area contributed by atoms with Crippen LogP contribution in [-0.4, -0.2) is 42.5 Å². The Kier molecular flexibility index (Phi) is 13.8. The molecule has 0 saturated heterocycles. The van der Waals surface area contributed by atoms with Crippen molar-refractivity contribution in [3.05, 3.63) is 36.0 Å². The van der Waals surface area contributed by atoms with Gasteiger partial charge >= 0.3 is 9.05 Å². The van der Waals surface area contributed by atoms with E-state index in [4.69, 9.17) is 17.7 Å². The zero-order valence-corrected chi connectivity index (χ0v) is 27.9. The lowest BCUT2D eigenvalue weighted by atomic mass is 9.66. The fourth-order valence-corrected chi connectivity index (χ4v) is 8.16. The molecule has 0 heterocycles. The van der Waals surface area contributed by atoms with Crippen molar-refractivity contribution in [1.82, 2.24) is 0 Å². The van der Waals surface area contributed by atoms with Gasteiger partial charge in [-0.15, -0.1) is 5.54 Å². The third-order valence-electron chi connectivity index (χ3n) is 7.19. The number of allylic oxidation sites excluding steroid dienone is 5. The minimum Gasteiger partial charge on any atom is -0.351 e. The van der Waals surface area contributed by atoms with Gasteiger partial charge in [0, 0.05) is 19.8 Å². The second-order valence-electron chi connectivity index (χ2n) is 12.1. The average molecular weight is 549 g/mol. The largest absolute Gasteiger partial charge is 0.680 e. The molecule has 0 aromatic rings. The Balaban J connectivity index is 3.66. The van der Waals surface area contributed by atoms with E-state index in [0.717, 1.165) is 32.1 Å². The van der Waals surface area contributed by atoms with Crippen molar-refractivity contribution in [1.29, 1.82) is 0 Å². The predicted octanol–water partition coefficient (Wildman–Crippen LogP) is 8.49. The van der Waals surface area contributed by atoms with Crippen LogP contribution in [0.1, 0.15) is 87.5 Å². The van der Waals surface area contributed by atoms with Crippen LogP contribution < -0.4 is 0 Å². The van der Waals surface area contributed by atoms with Crippen molar-refractivity contribution in [3.8, 4) is 11.5 Å². The van der Waals surface area contributed by atoms with Crippen LogP contribution in [0.5, 0.6) is 0 Å². The van der Waals surface area contributed by atoms with Gasteiger partial charge in [-0.1, -0.05) is 76.7 Å². The second kappa shape index (κ2) is 15.0. The molecule has 3 atom stereocenters. The van der Waals surface area contributed by atoms with Gasteiger partial charge in [-0.3, -0.25) is 0 Å². The van der Waals surface area contributed by atoms with E-state index in [1.165, 1.54) is 11.1 Å². The number of hydrogen-bond acceptors (Lipinski definition) is 4. The molecule has 0 aromatic carbocycles. The first kappa shape index (κ1) is 34.1. The van der Waals surface area contributed by atoms with Crippen molar-refractivity contribution >= 4 is 17.1 Å². The first-order chi connectivity index (χ1) is 17.2. The predicted molar refractivity (Wildman–Crippen MR) is 163 cm³/mol. The third-order valence-corrected chi connectivity index (χ3v) is 10.6. The van der Waals surface area contributed by atoms with E-state index in [9.17, 15) is 0 Å². The maximum absolute atomic E-state index is 7.04. The van der Waals surface area contributed by atoms with Gasteiger partial charge in [0.05, 0.1) is 0 Å². The molecule has 1 aliphatic carbocycles. The van der Waals surface area contributed by atoms with Crippen LogP contribution in [-0.2, 0) is 17.7 Å². The summed E-state index contributed by atoms with van der Waals surface area (Å²) in [6, 6.07) is 0. The summed E-state index contributed by atoms with van der Waals surface area (Å²) in [7, 11) is -5.09. The Morgan fingerprint density at radius 2 is 1.68 bits per heavy atom. The lowest BCUT2D eigenvalue weighted by Crippen LogP contribution is -2.55. The first-order valence-corrected chi connectivity index (χ1v) is 19.5. The van der Waals surface area contributed by atoms with Gasteiger partial charge in [0.1, 0.15) is 13.7 Å². The quantitative estimate of drug-likeness (QED) is 0.110. The molecular formula is C31H56O4Si2. The topological polar surface area (TPSA) is 36.9 Å². The van der Waals surface area contributed by atoms with Crippen LogP contribution in [0.15, 0.2) is 36.0 Å². The molecule has 0 fully saturated rings. The van der Waals surface area contributed by atoms with E-state index in [0.29, 0.717) is 31.7 Å². The van der Waals surface area contributed by atoms with Crippen molar-refractivity contribution in [3.63, 3.8) is 0 Å². The van der Waals surface area contributed by atoms with Crippen LogP contribution in [0, 0.1) is 28.7 Å². The van der Waals surface area contributed by atoms with Crippen LogP contribution in [0.4, 0.5) is 0 Å². The monoisotopic (exact) mass is 548 g/mol. The van der Waals surface area contributed by atoms with Crippen molar-refractivity contribution in [2.45, 2.75) is 113 Å². The molecule has 1 aliphatic rings. The Hall–Kier alpha value is -0.946. The van der Waals surface area contributed by atoms with Gasteiger partial charge < -0.3 is 17.7 Å². The van der Waals surface area contributed by atoms with E-state index in [1.54, 1.807) is 0 Å². The Labute approximate surface area is 231 Å². The van der Waals surface area contributed by atoms with Crippen LogP contribution >= 0.6 is 0 Å². The fourth-order valence-electron chi connectivity index (χ4n) is 5.33. The van der Waals surface area contributed by atoms with Gasteiger partial charge in [-0.2, -0.15) is 0 Å². The first-order valence-electron chi connectivity index (χ1n) is 14.3. The molecule has 212 valence electrons. The molecule has 0 amide bonds. The number of hydrogen-bond donors (Lipinski definition) is 0. The van der Waals surface area contributed by atoms with Crippen LogP contribution in [0.2, 0.25) is 19.6 Å². The summed E-state index contributed by atoms with van der Waals surface area (Å²) in [6.07, 6.45) is 11.2. The summed E-state index contributed by atoms with van der Waals surface area (Å²) in [5.41, 5.74) is 5.61. The van der Waals surface area contributed by atoms with E-state index in [2.05, 4.69) is 90.5 Å². The van der Waals surface area contributed by atoms with Crippen molar-refractivity contribution in [2.75, 3.05) is 19.8 Å². The highest BCUT2D eigenvalue weighted by Crippen LogP contribution is 2.52. The van der Waals surface area contributed by atoms with E-state index in [-0.39, 0.29) is 5.41 Å². The van der Waals surface area contributed by atoms with E-state index in [1.807, 2.05) is 20.8 Å². The normalized spacial score (nSPS) is 21.7. The van der Waals surface area contributed by atoms with Crippen LogP contribution in [0.25, 0.3) is 0 Å². The van der Waals surface area contributed by atoms with Gasteiger partial charge in [-0.05, 0) is 89.5 Å². The molecule has 6 heteroatoms. The minimum atomic E-state index is -3.41. The van der Waals surface area contributed by atoms with E-state index >= 15 is 0 Å². The van der Waals surface area contributed by atoms with Crippen molar-refractivity contribution < 1.29 is 17.7 Å². The zero-order chi connectivity index (χ0) is 28.3. The molecule has 1 rings (SSSR count). The molecule has 0 aliphatic heterocycles. The van der Waals surface area contributed by atoms with Gasteiger partial charge in [0.2, 0.25) is 0 Å². The molecule has 0 bridgehead atoms. The molecule has 0 radical (unpaired) electrons. The highest BCUT2D eigenvalue weighted by molar-refractivity contribution is 6.83. The van der Waals surface area contributed by atoms with Crippen molar-refractivity contribution in [2.24, 2.45) is 17.3 Å². The van der Waals surface area contributed by atoms with Crippen LogP contribution in [0.3, 0.4) is 0 Å². The van der Waals surface area contributed by atoms with Gasteiger partial charge in [0.25, 0.3) is 0 Å². The number of rotatable bonds is 16. The Morgan fingerprint density at radius 3 is 2.11 bits per heavy atom. The zero-order valence-electron chi connectivity index (χ0n) is 25.9. The highest BCUT2D eigenvalue weighted by atomic mass is 28.4. The fraction of sp³-hybridized carbons (Fsp3) is 0.742. The molecule has 1 unspecified atom stereocenters. The molecule has 0 N–H and O–H groups in total. The van der Waals surface area contributed by atoms with Gasteiger partial charge in [0.15, 0.2) is 0 Å². The summed E-state index contributed by atoms with van der Waals surface area (Å²) in [5.74, 6) is 4.85. The third kappa shape index (κ3) is 10.3. The van der Waals surface area contributed by atoms with Gasteiger partial charge in [-0.25, -0.2) is 0 Å². The standard InChI is InChI=1S/C31H56O4Si2/c1-13-28-19-20-29(27(7)8)30(28,9)22-23-31(21-17-18-26(5)6,24-25-36(10,11)12)35-37(32-14-2,33-15-3)34-16-4/h13,18-19,27,29H,1,14-17,20-23H2,2-12H3/t29-,30+,31?/m1/s1. The summed E-state index contributed by atoms with van der Waals surface area (Å²) in [6.45, 7) is 29.7. The lowest BCUT2D eigenvalue weighted by Gasteiger charge is -2.42. The molecule has 37 heavy (non-hydrogen) atoms.